The monoisotopic (exact) mass is 237 g/mol. The summed E-state index contributed by atoms with van der Waals surface area (Å²) in [6.07, 6.45) is 4.20. The summed E-state index contributed by atoms with van der Waals surface area (Å²) in [5.74, 6) is 0. The molecule has 0 saturated carbocycles. The maximum Gasteiger partial charge on any atom is 0.0328 e. The van der Waals surface area contributed by atoms with Crippen molar-refractivity contribution in [2.45, 2.75) is 52.0 Å². The van der Waals surface area contributed by atoms with E-state index in [4.69, 9.17) is 0 Å². The van der Waals surface area contributed by atoms with E-state index >= 15 is 0 Å². The van der Waals surface area contributed by atoms with Gasteiger partial charge in [0.1, 0.15) is 0 Å². The molecule has 1 aromatic heterocycles. The zero-order valence-corrected chi connectivity index (χ0v) is 11.6. The van der Waals surface area contributed by atoms with Gasteiger partial charge in [0.15, 0.2) is 0 Å². The molecule has 2 heteroatoms. The lowest BCUT2D eigenvalue weighted by Crippen LogP contribution is -2.28. The third-order valence-electron chi connectivity index (χ3n) is 3.23. The zero-order chi connectivity index (χ0) is 11.6. The van der Waals surface area contributed by atoms with E-state index in [1.165, 1.54) is 48.7 Å². The minimum absolute atomic E-state index is 0.310. The molecule has 90 valence electrons. The number of hydrogen-bond donors (Lipinski definition) is 0. The largest absolute Gasteiger partial charge is 0.298 e. The molecule has 0 bridgehead atoms. The fraction of sp³-hybridized carbons (Fsp3) is 0.714. The molecule has 1 nitrogen and oxygen atoms in total. The summed E-state index contributed by atoms with van der Waals surface area (Å²) in [5.41, 5.74) is 0.310. The van der Waals surface area contributed by atoms with Crippen LogP contribution in [0.4, 0.5) is 0 Å². The Morgan fingerprint density at radius 3 is 2.38 bits per heavy atom. The minimum atomic E-state index is 0.310. The highest BCUT2D eigenvalue weighted by Crippen LogP contribution is 2.30. The maximum absolute atomic E-state index is 2.60. The average Bonchev–Trinajstić information content (AvgIpc) is 2.67. The average molecular weight is 237 g/mol. The van der Waals surface area contributed by atoms with Crippen LogP contribution in [0.1, 0.15) is 49.8 Å². The van der Waals surface area contributed by atoms with Gasteiger partial charge in [0, 0.05) is 16.3 Å². The Bertz CT molecular complexity index is 329. The van der Waals surface area contributed by atoms with E-state index in [0.29, 0.717) is 5.41 Å². The first-order chi connectivity index (χ1) is 7.55. The van der Waals surface area contributed by atoms with Crippen LogP contribution in [0.15, 0.2) is 12.1 Å². The summed E-state index contributed by atoms with van der Waals surface area (Å²) in [7, 11) is 0. The first kappa shape index (κ1) is 12.1. The topological polar surface area (TPSA) is 3.24 Å². The van der Waals surface area contributed by atoms with Gasteiger partial charge in [-0.15, -0.1) is 11.3 Å². The van der Waals surface area contributed by atoms with Gasteiger partial charge in [0.05, 0.1) is 0 Å². The molecule has 1 aliphatic heterocycles. The van der Waals surface area contributed by atoms with Crippen molar-refractivity contribution in [3.63, 3.8) is 0 Å². The molecule has 2 rings (SSSR count). The smallest absolute Gasteiger partial charge is 0.0328 e. The Morgan fingerprint density at radius 2 is 1.81 bits per heavy atom. The molecule has 1 aromatic rings. The number of likely N-dealkylation sites (tertiary alicyclic amines) is 1. The standard InChI is InChI=1S/C14H23NS/c1-14(2,3)13-8-7-12(16-13)11-15-9-5-4-6-10-15/h7-8H,4-6,9-11H2,1-3H3. The first-order valence-electron chi connectivity index (χ1n) is 6.37. The molecule has 0 amide bonds. The number of rotatable bonds is 2. The van der Waals surface area contributed by atoms with E-state index in [0.717, 1.165) is 0 Å². The maximum atomic E-state index is 2.60. The van der Waals surface area contributed by atoms with Crippen LogP contribution in [0.2, 0.25) is 0 Å². The quantitative estimate of drug-likeness (QED) is 0.750. The van der Waals surface area contributed by atoms with Gasteiger partial charge in [0.25, 0.3) is 0 Å². The van der Waals surface area contributed by atoms with Crippen LogP contribution in [0, 0.1) is 0 Å². The molecule has 0 N–H and O–H groups in total. The molecule has 0 radical (unpaired) electrons. The summed E-state index contributed by atoms with van der Waals surface area (Å²) in [4.78, 5) is 5.65. The molecule has 16 heavy (non-hydrogen) atoms. The van der Waals surface area contributed by atoms with Gasteiger partial charge in [-0.2, -0.15) is 0 Å². The molecule has 1 aliphatic rings. The highest BCUT2D eigenvalue weighted by Gasteiger charge is 2.17. The van der Waals surface area contributed by atoms with E-state index < -0.39 is 0 Å². The number of piperidine rings is 1. The van der Waals surface area contributed by atoms with Crippen LogP contribution in [0.5, 0.6) is 0 Å². The third-order valence-corrected chi connectivity index (χ3v) is 4.72. The zero-order valence-electron chi connectivity index (χ0n) is 10.8. The van der Waals surface area contributed by atoms with Gasteiger partial charge in [0.2, 0.25) is 0 Å². The van der Waals surface area contributed by atoms with Crippen LogP contribution < -0.4 is 0 Å². The van der Waals surface area contributed by atoms with Gasteiger partial charge < -0.3 is 0 Å². The lowest BCUT2D eigenvalue weighted by Gasteiger charge is -2.25. The van der Waals surface area contributed by atoms with E-state index in [1.54, 1.807) is 0 Å². The van der Waals surface area contributed by atoms with Crippen molar-refractivity contribution in [2.24, 2.45) is 0 Å². The highest BCUT2D eigenvalue weighted by molar-refractivity contribution is 7.12. The van der Waals surface area contributed by atoms with E-state index in [1.807, 2.05) is 11.3 Å². The molecule has 0 aromatic carbocycles. The Balaban J connectivity index is 1.97. The minimum Gasteiger partial charge on any atom is -0.298 e. The van der Waals surface area contributed by atoms with Crippen LogP contribution in [0.25, 0.3) is 0 Å². The van der Waals surface area contributed by atoms with E-state index in [2.05, 4.69) is 37.8 Å². The van der Waals surface area contributed by atoms with Crippen molar-refractivity contribution < 1.29 is 0 Å². The summed E-state index contributed by atoms with van der Waals surface area (Å²) >= 11 is 1.99. The Labute approximate surface area is 103 Å². The van der Waals surface area contributed by atoms with Gasteiger partial charge in [-0.25, -0.2) is 0 Å². The Kier molecular flexibility index (Phi) is 3.70. The summed E-state index contributed by atoms with van der Waals surface area (Å²) < 4.78 is 0. The predicted octanol–water partition coefficient (Wildman–Crippen LogP) is 4.03. The molecule has 0 aliphatic carbocycles. The summed E-state index contributed by atoms with van der Waals surface area (Å²) in [6, 6.07) is 4.63. The number of thiophene rings is 1. The molecule has 0 atom stereocenters. The fourth-order valence-electron chi connectivity index (χ4n) is 2.20. The van der Waals surface area contributed by atoms with Crippen molar-refractivity contribution in [2.75, 3.05) is 13.1 Å². The predicted molar refractivity (Wildman–Crippen MR) is 72.1 cm³/mol. The van der Waals surface area contributed by atoms with Crippen LogP contribution in [0.3, 0.4) is 0 Å². The number of hydrogen-bond acceptors (Lipinski definition) is 2. The van der Waals surface area contributed by atoms with Crippen molar-refractivity contribution in [3.05, 3.63) is 21.9 Å². The van der Waals surface area contributed by atoms with Gasteiger partial charge in [-0.05, 0) is 43.5 Å². The third kappa shape index (κ3) is 3.08. The summed E-state index contributed by atoms with van der Waals surface area (Å²) in [6.45, 7) is 10.6. The Hall–Kier alpha value is -0.340. The van der Waals surface area contributed by atoms with Crippen molar-refractivity contribution in [1.82, 2.24) is 4.90 Å². The second kappa shape index (κ2) is 4.89. The molecule has 0 spiro atoms. The van der Waals surface area contributed by atoms with Crippen LogP contribution in [-0.2, 0) is 12.0 Å². The highest BCUT2D eigenvalue weighted by atomic mass is 32.1. The fourth-order valence-corrected chi connectivity index (χ4v) is 3.31. The lowest BCUT2D eigenvalue weighted by molar-refractivity contribution is 0.222. The van der Waals surface area contributed by atoms with Gasteiger partial charge >= 0.3 is 0 Å². The van der Waals surface area contributed by atoms with E-state index in [9.17, 15) is 0 Å². The van der Waals surface area contributed by atoms with Gasteiger partial charge in [-0.1, -0.05) is 27.2 Å². The Morgan fingerprint density at radius 1 is 1.12 bits per heavy atom. The van der Waals surface area contributed by atoms with Crippen LogP contribution in [-0.4, -0.2) is 18.0 Å². The molecular formula is C14H23NS. The molecule has 1 saturated heterocycles. The van der Waals surface area contributed by atoms with Gasteiger partial charge in [-0.3, -0.25) is 4.90 Å². The summed E-state index contributed by atoms with van der Waals surface area (Å²) in [5, 5.41) is 0. The van der Waals surface area contributed by atoms with Crippen molar-refractivity contribution >= 4 is 11.3 Å². The molecule has 0 unspecified atom stereocenters. The molecular weight excluding hydrogens is 214 g/mol. The lowest BCUT2D eigenvalue weighted by atomic mass is 9.95. The SMILES string of the molecule is CC(C)(C)c1ccc(CN2CCCCC2)s1. The van der Waals surface area contributed by atoms with E-state index in [-0.39, 0.29) is 0 Å². The van der Waals surface area contributed by atoms with Crippen molar-refractivity contribution in [3.8, 4) is 0 Å². The second-order valence-corrected chi connectivity index (χ2v) is 7.02. The first-order valence-corrected chi connectivity index (χ1v) is 7.19. The normalized spacial score (nSPS) is 18.9. The number of nitrogens with zero attached hydrogens (tertiary/aromatic N) is 1. The van der Waals surface area contributed by atoms with Crippen molar-refractivity contribution in [1.29, 1.82) is 0 Å². The molecule has 2 heterocycles. The molecule has 1 fully saturated rings. The second-order valence-electron chi connectivity index (χ2n) is 5.85. The van der Waals surface area contributed by atoms with Crippen LogP contribution >= 0.6 is 11.3 Å².